The topological polar surface area (TPSA) is 42.0 Å². The van der Waals surface area contributed by atoms with Crippen LogP contribution in [-0.2, 0) is 0 Å². The van der Waals surface area contributed by atoms with E-state index in [1.807, 2.05) is 6.07 Å². The second-order valence-electron chi connectivity index (χ2n) is 4.60. The average molecular weight is 275 g/mol. The maximum Gasteiger partial charge on any atom is 0.257 e. The van der Waals surface area contributed by atoms with Crippen molar-refractivity contribution >= 4 is 23.2 Å². The van der Waals surface area contributed by atoms with Crippen molar-refractivity contribution in [3.8, 4) is 0 Å². The van der Waals surface area contributed by atoms with Crippen LogP contribution in [0.3, 0.4) is 0 Å². The predicted molar refractivity (Wildman–Crippen MR) is 77.7 cm³/mol. The molecule has 0 aliphatic carbocycles. The molecular weight excluding hydrogens is 260 g/mol. The van der Waals surface area contributed by atoms with Crippen molar-refractivity contribution < 1.29 is 4.79 Å². The number of pyridine rings is 1. The van der Waals surface area contributed by atoms with Gasteiger partial charge in [0.05, 0.1) is 22.5 Å². The number of halogens is 1. The number of hydrogen-bond donors (Lipinski definition) is 1. The number of carbonyl (C=O) groups excluding carboxylic acids is 1. The second-order valence-corrected chi connectivity index (χ2v) is 5.00. The van der Waals surface area contributed by atoms with Crippen molar-refractivity contribution in [3.63, 3.8) is 0 Å². The van der Waals surface area contributed by atoms with E-state index in [0.29, 0.717) is 22.2 Å². The van der Waals surface area contributed by atoms with Crippen LogP contribution in [0.4, 0.5) is 5.69 Å². The van der Waals surface area contributed by atoms with Crippen LogP contribution in [0.25, 0.3) is 0 Å². The molecule has 0 bridgehead atoms. The van der Waals surface area contributed by atoms with Gasteiger partial charge in [0.1, 0.15) is 0 Å². The van der Waals surface area contributed by atoms with Crippen molar-refractivity contribution in [2.24, 2.45) is 0 Å². The largest absolute Gasteiger partial charge is 0.321 e. The Labute approximate surface area is 117 Å². The molecule has 0 saturated carbocycles. The zero-order valence-corrected chi connectivity index (χ0v) is 11.6. The van der Waals surface area contributed by atoms with Crippen LogP contribution in [0.2, 0.25) is 5.02 Å². The van der Waals surface area contributed by atoms with Gasteiger partial charge in [0.25, 0.3) is 5.91 Å². The SMILES string of the molecule is CC(C)c1cncc(NC(=O)c2ccccc2Cl)c1. The molecule has 4 heteroatoms. The van der Waals surface area contributed by atoms with Gasteiger partial charge in [-0.25, -0.2) is 0 Å². The average Bonchev–Trinajstić information content (AvgIpc) is 2.39. The lowest BCUT2D eigenvalue weighted by Crippen LogP contribution is -2.12. The number of amides is 1. The zero-order chi connectivity index (χ0) is 13.8. The van der Waals surface area contributed by atoms with Gasteiger partial charge in [-0.05, 0) is 29.7 Å². The lowest BCUT2D eigenvalue weighted by molar-refractivity contribution is 0.102. The molecule has 0 radical (unpaired) electrons. The minimum atomic E-state index is -0.228. The third-order valence-electron chi connectivity index (χ3n) is 2.80. The number of nitrogens with one attached hydrogen (secondary N) is 1. The van der Waals surface area contributed by atoms with Crippen LogP contribution in [-0.4, -0.2) is 10.9 Å². The number of nitrogens with zero attached hydrogens (tertiary/aromatic N) is 1. The fourth-order valence-corrected chi connectivity index (χ4v) is 1.91. The van der Waals surface area contributed by atoms with Crippen molar-refractivity contribution in [1.82, 2.24) is 4.98 Å². The Bertz CT molecular complexity index is 596. The molecular formula is C15H15ClN2O. The Morgan fingerprint density at radius 3 is 2.68 bits per heavy atom. The molecule has 3 nitrogen and oxygen atoms in total. The lowest BCUT2D eigenvalue weighted by atomic mass is 10.1. The molecule has 1 N–H and O–H groups in total. The molecule has 19 heavy (non-hydrogen) atoms. The summed E-state index contributed by atoms with van der Waals surface area (Å²) in [5, 5.41) is 3.25. The van der Waals surface area contributed by atoms with Gasteiger partial charge in [-0.2, -0.15) is 0 Å². The number of benzene rings is 1. The van der Waals surface area contributed by atoms with Gasteiger partial charge in [0.2, 0.25) is 0 Å². The van der Waals surface area contributed by atoms with Gasteiger partial charge in [-0.3, -0.25) is 9.78 Å². The van der Waals surface area contributed by atoms with E-state index >= 15 is 0 Å². The van der Waals surface area contributed by atoms with E-state index in [2.05, 4.69) is 24.1 Å². The monoisotopic (exact) mass is 274 g/mol. The Morgan fingerprint density at radius 2 is 2.00 bits per heavy atom. The molecule has 0 unspecified atom stereocenters. The predicted octanol–water partition coefficient (Wildman–Crippen LogP) is 4.11. The molecule has 1 aromatic heterocycles. The quantitative estimate of drug-likeness (QED) is 0.915. The molecule has 0 fully saturated rings. The number of rotatable bonds is 3. The molecule has 98 valence electrons. The summed E-state index contributed by atoms with van der Waals surface area (Å²) in [6, 6.07) is 8.88. The minimum absolute atomic E-state index is 0.228. The molecule has 1 aromatic carbocycles. The first-order valence-electron chi connectivity index (χ1n) is 6.08. The summed E-state index contributed by atoms with van der Waals surface area (Å²) in [6.07, 6.45) is 3.43. The van der Waals surface area contributed by atoms with Crippen LogP contribution in [0, 0.1) is 0 Å². The third-order valence-corrected chi connectivity index (χ3v) is 3.13. The standard InChI is InChI=1S/C15H15ClN2O/c1-10(2)11-7-12(9-17-8-11)18-15(19)13-5-3-4-6-14(13)16/h3-10H,1-2H3,(H,18,19). The van der Waals surface area contributed by atoms with Gasteiger partial charge >= 0.3 is 0 Å². The van der Waals surface area contributed by atoms with E-state index < -0.39 is 0 Å². The van der Waals surface area contributed by atoms with E-state index in [9.17, 15) is 4.79 Å². The van der Waals surface area contributed by atoms with Crippen molar-refractivity contribution in [2.75, 3.05) is 5.32 Å². The minimum Gasteiger partial charge on any atom is -0.321 e. The lowest BCUT2D eigenvalue weighted by Gasteiger charge is -2.09. The first-order valence-corrected chi connectivity index (χ1v) is 6.46. The van der Waals surface area contributed by atoms with Crippen molar-refractivity contribution in [2.45, 2.75) is 19.8 Å². The molecule has 0 aliphatic rings. The first kappa shape index (κ1) is 13.6. The summed E-state index contributed by atoms with van der Waals surface area (Å²) < 4.78 is 0. The van der Waals surface area contributed by atoms with E-state index in [4.69, 9.17) is 11.6 Å². The van der Waals surface area contributed by atoms with E-state index in [-0.39, 0.29) is 5.91 Å². The Balaban J connectivity index is 2.20. The summed E-state index contributed by atoms with van der Waals surface area (Å²) >= 11 is 5.99. The number of anilines is 1. The molecule has 0 spiro atoms. The Hall–Kier alpha value is -1.87. The van der Waals surface area contributed by atoms with Crippen LogP contribution in [0.15, 0.2) is 42.7 Å². The fraction of sp³-hybridized carbons (Fsp3) is 0.200. The smallest absolute Gasteiger partial charge is 0.257 e. The third kappa shape index (κ3) is 3.32. The van der Waals surface area contributed by atoms with Crippen molar-refractivity contribution in [3.05, 3.63) is 58.9 Å². The maximum absolute atomic E-state index is 12.1. The van der Waals surface area contributed by atoms with Gasteiger partial charge in [0.15, 0.2) is 0 Å². The molecule has 2 rings (SSSR count). The summed E-state index contributed by atoms with van der Waals surface area (Å²) in [5.41, 5.74) is 2.21. The maximum atomic E-state index is 12.1. The fourth-order valence-electron chi connectivity index (χ4n) is 1.69. The van der Waals surface area contributed by atoms with Crippen LogP contribution >= 0.6 is 11.6 Å². The van der Waals surface area contributed by atoms with Gasteiger partial charge in [-0.15, -0.1) is 0 Å². The summed E-state index contributed by atoms with van der Waals surface area (Å²) in [6.45, 7) is 4.16. The summed E-state index contributed by atoms with van der Waals surface area (Å²) in [5.74, 6) is 0.137. The van der Waals surface area contributed by atoms with Gasteiger partial charge in [-0.1, -0.05) is 37.6 Å². The molecule has 1 heterocycles. The molecule has 2 aromatic rings. The normalized spacial score (nSPS) is 10.5. The highest BCUT2D eigenvalue weighted by molar-refractivity contribution is 6.34. The first-order chi connectivity index (χ1) is 9.08. The number of hydrogen-bond acceptors (Lipinski definition) is 2. The van der Waals surface area contributed by atoms with Crippen LogP contribution in [0.5, 0.6) is 0 Å². The zero-order valence-electron chi connectivity index (χ0n) is 10.9. The highest BCUT2D eigenvalue weighted by atomic mass is 35.5. The molecule has 0 atom stereocenters. The summed E-state index contributed by atoms with van der Waals surface area (Å²) in [7, 11) is 0. The summed E-state index contributed by atoms with van der Waals surface area (Å²) in [4.78, 5) is 16.2. The van der Waals surface area contributed by atoms with Crippen LogP contribution in [0.1, 0.15) is 35.7 Å². The van der Waals surface area contributed by atoms with E-state index in [0.717, 1.165) is 5.56 Å². The highest BCUT2D eigenvalue weighted by Gasteiger charge is 2.10. The van der Waals surface area contributed by atoms with E-state index in [1.54, 1.807) is 36.7 Å². The van der Waals surface area contributed by atoms with Crippen molar-refractivity contribution in [1.29, 1.82) is 0 Å². The second kappa shape index (κ2) is 5.85. The molecule has 0 aliphatic heterocycles. The van der Waals surface area contributed by atoms with Crippen LogP contribution < -0.4 is 5.32 Å². The number of aromatic nitrogens is 1. The van der Waals surface area contributed by atoms with Gasteiger partial charge < -0.3 is 5.32 Å². The molecule has 1 amide bonds. The number of carbonyl (C=O) groups is 1. The highest BCUT2D eigenvalue weighted by Crippen LogP contribution is 2.19. The van der Waals surface area contributed by atoms with E-state index in [1.165, 1.54) is 0 Å². The Kier molecular flexibility index (Phi) is 4.17. The molecule has 0 saturated heterocycles. The van der Waals surface area contributed by atoms with Gasteiger partial charge in [0, 0.05) is 6.20 Å². The Morgan fingerprint density at radius 1 is 1.26 bits per heavy atom.